The number of rotatable bonds is 2. The second-order valence-electron chi connectivity index (χ2n) is 3.49. The molecule has 2 aromatic carbocycles. The van der Waals surface area contributed by atoms with Gasteiger partial charge in [0.2, 0.25) is 0 Å². The van der Waals surface area contributed by atoms with Gasteiger partial charge in [0.1, 0.15) is 11.8 Å². The molecule has 0 spiro atoms. The van der Waals surface area contributed by atoms with E-state index in [1.807, 2.05) is 6.07 Å². The lowest BCUT2D eigenvalue weighted by molar-refractivity contribution is 0.0696. The summed E-state index contributed by atoms with van der Waals surface area (Å²) in [4.78, 5) is 11.0. The van der Waals surface area contributed by atoms with Crippen LogP contribution >= 0.6 is 0 Å². The standard InChI is InChI=1S/C13H9NO3/c1-17-9-3-5-10-8(6-9)2-4-11(13(15)16)12(10)7-14/h2-6H,1H3,(H,15,16). The number of methoxy groups -OCH3 is 1. The molecular weight excluding hydrogens is 218 g/mol. The molecule has 0 aromatic heterocycles. The van der Waals surface area contributed by atoms with E-state index < -0.39 is 5.97 Å². The second kappa shape index (κ2) is 4.14. The van der Waals surface area contributed by atoms with E-state index in [0.29, 0.717) is 11.1 Å². The first-order valence-corrected chi connectivity index (χ1v) is 4.91. The summed E-state index contributed by atoms with van der Waals surface area (Å²) in [5, 5.41) is 19.4. The number of carbonyl (C=O) groups is 1. The first kappa shape index (κ1) is 11.0. The Kier molecular flexibility index (Phi) is 2.67. The fourth-order valence-electron chi connectivity index (χ4n) is 1.73. The minimum Gasteiger partial charge on any atom is -0.497 e. The largest absolute Gasteiger partial charge is 0.497 e. The highest BCUT2D eigenvalue weighted by molar-refractivity contribution is 6.00. The van der Waals surface area contributed by atoms with Crippen molar-refractivity contribution in [2.75, 3.05) is 7.11 Å². The van der Waals surface area contributed by atoms with Gasteiger partial charge in [0.05, 0.1) is 18.2 Å². The normalized spacial score (nSPS) is 9.88. The van der Waals surface area contributed by atoms with Crippen molar-refractivity contribution in [2.24, 2.45) is 0 Å². The van der Waals surface area contributed by atoms with Gasteiger partial charge in [-0.25, -0.2) is 4.79 Å². The number of ether oxygens (including phenoxy) is 1. The summed E-state index contributed by atoms with van der Waals surface area (Å²) >= 11 is 0. The van der Waals surface area contributed by atoms with Crippen LogP contribution in [0.1, 0.15) is 15.9 Å². The monoisotopic (exact) mass is 227 g/mol. The molecular formula is C13H9NO3. The summed E-state index contributed by atoms with van der Waals surface area (Å²) in [6.07, 6.45) is 0. The summed E-state index contributed by atoms with van der Waals surface area (Å²) in [6.45, 7) is 0. The van der Waals surface area contributed by atoms with E-state index in [9.17, 15) is 4.79 Å². The van der Waals surface area contributed by atoms with Crippen LogP contribution in [0.3, 0.4) is 0 Å². The molecule has 17 heavy (non-hydrogen) atoms. The molecule has 0 fully saturated rings. The van der Waals surface area contributed by atoms with Crippen molar-refractivity contribution in [1.82, 2.24) is 0 Å². The van der Waals surface area contributed by atoms with Gasteiger partial charge in [0.25, 0.3) is 0 Å². The quantitative estimate of drug-likeness (QED) is 0.855. The molecule has 0 aliphatic rings. The Morgan fingerprint density at radius 3 is 2.71 bits per heavy atom. The van der Waals surface area contributed by atoms with Gasteiger partial charge >= 0.3 is 5.97 Å². The molecule has 4 heteroatoms. The van der Waals surface area contributed by atoms with Gasteiger partial charge in [0, 0.05) is 5.39 Å². The number of benzene rings is 2. The van der Waals surface area contributed by atoms with Gasteiger partial charge < -0.3 is 9.84 Å². The van der Waals surface area contributed by atoms with Crippen molar-refractivity contribution in [1.29, 1.82) is 5.26 Å². The average Bonchev–Trinajstić information content (AvgIpc) is 2.36. The molecule has 2 rings (SSSR count). The molecule has 0 saturated carbocycles. The van der Waals surface area contributed by atoms with Crippen molar-refractivity contribution in [3.05, 3.63) is 41.5 Å². The minimum absolute atomic E-state index is 0.0187. The van der Waals surface area contributed by atoms with Crippen LogP contribution in [0.15, 0.2) is 30.3 Å². The second-order valence-corrected chi connectivity index (χ2v) is 3.49. The lowest BCUT2D eigenvalue weighted by atomic mass is 9.99. The molecule has 0 saturated heterocycles. The summed E-state index contributed by atoms with van der Waals surface area (Å²) < 4.78 is 5.07. The van der Waals surface area contributed by atoms with Crippen molar-refractivity contribution in [2.45, 2.75) is 0 Å². The number of hydrogen-bond acceptors (Lipinski definition) is 3. The Balaban J connectivity index is 2.79. The molecule has 0 radical (unpaired) electrons. The number of nitriles is 1. The first-order chi connectivity index (χ1) is 8.17. The summed E-state index contributed by atoms with van der Waals surface area (Å²) in [6, 6.07) is 10.2. The van der Waals surface area contributed by atoms with Gasteiger partial charge in [-0.3, -0.25) is 0 Å². The van der Waals surface area contributed by atoms with Crippen molar-refractivity contribution in [3.8, 4) is 11.8 Å². The van der Waals surface area contributed by atoms with Crippen LogP contribution in [0, 0.1) is 11.3 Å². The fraction of sp³-hybridized carbons (Fsp3) is 0.0769. The molecule has 2 aromatic rings. The van der Waals surface area contributed by atoms with E-state index in [1.54, 1.807) is 31.4 Å². The van der Waals surface area contributed by atoms with Crippen LogP contribution in [0.4, 0.5) is 0 Å². The van der Waals surface area contributed by atoms with Crippen LogP contribution in [-0.4, -0.2) is 18.2 Å². The number of carboxylic acid groups (broad SMARTS) is 1. The van der Waals surface area contributed by atoms with Gasteiger partial charge in [-0.15, -0.1) is 0 Å². The van der Waals surface area contributed by atoms with E-state index in [2.05, 4.69) is 0 Å². The van der Waals surface area contributed by atoms with E-state index in [0.717, 1.165) is 5.39 Å². The molecule has 0 heterocycles. The van der Waals surface area contributed by atoms with Crippen LogP contribution in [0.25, 0.3) is 10.8 Å². The Hall–Kier alpha value is -2.54. The van der Waals surface area contributed by atoms with Crippen LogP contribution in [-0.2, 0) is 0 Å². The van der Waals surface area contributed by atoms with E-state index in [-0.39, 0.29) is 11.1 Å². The van der Waals surface area contributed by atoms with Crippen molar-refractivity contribution < 1.29 is 14.6 Å². The third-order valence-corrected chi connectivity index (χ3v) is 2.57. The number of hydrogen-bond donors (Lipinski definition) is 1. The Morgan fingerprint density at radius 2 is 2.12 bits per heavy atom. The lowest BCUT2D eigenvalue weighted by Gasteiger charge is -2.06. The maximum absolute atomic E-state index is 11.0. The molecule has 4 nitrogen and oxygen atoms in total. The predicted molar refractivity (Wildman–Crippen MR) is 62.2 cm³/mol. The van der Waals surface area contributed by atoms with Crippen LogP contribution in [0.5, 0.6) is 5.75 Å². The van der Waals surface area contributed by atoms with E-state index in [1.165, 1.54) is 6.07 Å². The number of nitrogens with zero attached hydrogens (tertiary/aromatic N) is 1. The average molecular weight is 227 g/mol. The summed E-state index contributed by atoms with van der Waals surface area (Å²) in [5.41, 5.74) is 0.197. The Morgan fingerprint density at radius 1 is 1.35 bits per heavy atom. The number of aromatic carboxylic acids is 1. The van der Waals surface area contributed by atoms with Gasteiger partial charge in [0.15, 0.2) is 0 Å². The van der Waals surface area contributed by atoms with Gasteiger partial charge in [-0.05, 0) is 29.7 Å². The fourth-order valence-corrected chi connectivity index (χ4v) is 1.73. The van der Waals surface area contributed by atoms with Crippen LogP contribution < -0.4 is 4.74 Å². The lowest BCUT2D eigenvalue weighted by Crippen LogP contribution is -2.00. The predicted octanol–water partition coefficient (Wildman–Crippen LogP) is 2.42. The Labute approximate surface area is 97.7 Å². The SMILES string of the molecule is COc1ccc2c(C#N)c(C(=O)O)ccc2c1. The summed E-state index contributed by atoms with van der Waals surface area (Å²) in [5.74, 6) is -0.427. The maximum atomic E-state index is 11.0. The molecule has 84 valence electrons. The third-order valence-electron chi connectivity index (χ3n) is 2.57. The van der Waals surface area contributed by atoms with Crippen molar-refractivity contribution >= 4 is 16.7 Å². The molecule has 0 aliphatic carbocycles. The zero-order chi connectivity index (χ0) is 12.4. The molecule has 0 amide bonds. The highest BCUT2D eigenvalue weighted by atomic mass is 16.5. The summed E-state index contributed by atoms with van der Waals surface area (Å²) in [7, 11) is 1.55. The molecule has 0 unspecified atom stereocenters. The van der Waals surface area contributed by atoms with Gasteiger partial charge in [-0.1, -0.05) is 6.07 Å². The molecule has 0 bridgehead atoms. The molecule has 1 N–H and O–H groups in total. The number of fused-ring (bicyclic) bond motifs is 1. The topological polar surface area (TPSA) is 70.3 Å². The first-order valence-electron chi connectivity index (χ1n) is 4.91. The number of carboxylic acids is 1. The van der Waals surface area contributed by atoms with Gasteiger partial charge in [-0.2, -0.15) is 5.26 Å². The zero-order valence-corrected chi connectivity index (χ0v) is 9.10. The third kappa shape index (κ3) is 1.79. The Bertz CT molecular complexity index is 641. The molecule has 0 atom stereocenters. The maximum Gasteiger partial charge on any atom is 0.337 e. The van der Waals surface area contributed by atoms with Crippen molar-refractivity contribution in [3.63, 3.8) is 0 Å². The van der Waals surface area contributed by atoms with E-state index >= 15 is 0 Å². The minimum atomic E-state index is -1.10. The smallest absolute Gasteiger partial charge is 0.337 e. The van der Waals surface area contributed by atoms with Crippen LogP contribution in [0.2, 0.25) is 0 Å². The molecule has 0 aliphatic heterocycles. The highest BCUT2D eigenvalue weighted by Gasteiger charge is 2.13. The zero-order valence-electron chi connectivity index (χ0n) is 9.10. The highest BCUT2D eigenvalue weighted by Crippen LogP contribution is 2.25. The van der Waals surface area contributed by atoms with E-state index in [4.69, 9.17) is 15.1 Å².